The van der Waals surface area contributed by atoms with E-state index in [1.54, 1.807) is 12.1 Å². The van der Waals surface area contributed by atoms with E-state index in [1.165, 1.54) is 54.0 Å². The molecule has 0 aromatic heterocycles. The van der Waals surface area contributed by atoms with E-state index < -0.39 is 5.75 Å². The van der Waals surface area contributed by atoms with Crippen molar-refractivity contribution in [1.82, 2.24) is 0 Å². The number of unbranched alkanes of at least 4 members (excludes halogenated alkanes) is 1. The zero-order chi connectivity index (χ0) is 30.7. The molecule has 0 saturated carbocycles. The predicted octanol–water partition coefficient (Wildman–Crippen LogP) is 9.56. The monoisotopic (exact) mass is 626 g/mol. The molecular weight excluding hydrogens is 575 g/mol. The van der Waals surface area contributed by atoms with Crippen LogP contribution in [0.5, 0.6) is 11.5 Å². The third-order valence-corrected chi connectivity index (χ3v) is 7.32. The molecule has 0 fully saturated rings. The molecule has 4 nitrogen and oxygen atoms in total. The molecule has 0 unspecified atom stereocenters. The Balaban J connectivity index is 0.000000710. The molecule has 3 aromatic rings. The second-order valence-corrected chi connectivity index (χ2v) is 11.0. The molecule has 0 amide bonds. The normalized spacial score (nSPS) is 11.3. The maximum absolute atomic E-state index is 10.9. The van der Waals surface area contributed by atoms with Gasteiger partial charge in [-0.05, 0) is 91.5 Å². The van der Waals surface area contributed by atoms with Crippen LogP contribution in [0, 0.1) is 0 Å². The molecule has 0 bridgehead atoms. The molecule has 236 valence electrons. The Labute approximate surface area is 271 Å². The Morgan fingerprint density at radius 3 is 1.67 bits per heavy atom. The van der Waals surface area contributed by atoms with Gasteiger partial charge in [-0.1, -0.05) is 110 Å². The second kappa shape index (κ2) is 21.7. The van der Waals surface area contributed by atoms with Gasteiger partial charge in [0, 0.05) is 6.21 Å². The number of aryl methyl sites for hydroxylation is 5. The van der Waals surface area contributed by atoms with E-state index in [1.807, 2.05) is 13.1 Å². The second-order valence-electron chi connectivity index (χ2n) is 11.0. The number of hydrogen-bond acceptors (Lipinski definition) is 4. The van der Waals surface area contributed by atoms with E-state index in [0.29, 0.717) is 12.0 Å². The third-order valence-electron chi connectivity index (χ3n) is 7.32. The average Bonchev–Trinajstić information content (AvgIpc) is 2.99. The average molecular weight is 628 g/mol. The van der Waals surface area contributed by atoms with Gasteiger partial charge in [0.2, 0.25) is 0 Å². The summed E-state index contributed by atoms with van der Waals surface area (Å²) in [4.78, 5) is 9.88. The molecule has 0 heterocycles. The summed E-state index contributed by atoms with van der Waals surface area (Å²) in [6.45, 7) is 13.1. The van der Waals surface area contributed by atoms with Crippen molar-refractivity contribution in [3.63, 3.8) is 0 Å². The van der Waals surface area contributed by atoms with Gasteiger partial charge in [0.1, 0.15) is 0 Å². The van der Waals surface area contributed by atoms with Crippen LogP contribution in [-0.2, 0) is 48.6 Å². The van der Waals surface area contributed by atoms with Gasteiger partial charge >= 0.3 is 16.5 Å². The van der Waals surface area contributed by atoms with E-state index in [4.69, 9.17) is 9.98 Å². The zero-order valence-corrected chi connectivity index (χ0v) is 28.3. The van der Waals surface area contributed by atoms with Crippen LogP contribution in [0.2, 0.25) is 0 Å². The van der Waals surface area contributed by atoms with Crippen molar-refractivity contribution in [2.75, 3.05) is 0 Å². The SMILES string of the molecule is CCCCC(C=Nc1ccc(CCC)c(CCC)c1)=Nc1ccc(CCC)c(CCC)c1.CCc1cccc([O-])c1[O-].[Ni+2]. The first kappa shape index (κ1) is 38.1. The minimum atomic E-state index is -0.403. The van der Waals surface area contributed by atoms with Gasteiger partial charge in [-0.15, -0.1) is 11.5 Å². The first-order valence-corrected chi connectivity index (χ1v) is 16.2. The van der Waals surface area contributed by atoms with Gasteiger partial charge < -0.3 is 10.2 Å². The molecule has 0 spiro atoms. The van der Waals surface area contributed by atoms with E-state index in [9.17, 15) is 10.2 Å². The summed E-state index contributed by atoms with van der Waals surface area (Å²) in [5, 5.41) is 21.6. The molecule has 43 heavy (non-hydrogen) atoms. The molecule has 0 radical (unpaired) electrons. The Bertz CT molecular complexity index is 1280. The minimum absolute atomic E-state index is 0. The maximum Gasteiger partial charge on any atom is 2.00 e. The minimum Gasteiger partial charge on any atom is -0.873 e. The molecule has 3 rings (SSSR count). The predicted molar refractivity (Wildman–Crippen MR) is 178 cm³/mol. The summed E-state index contributed by atoms with van der Waals surface area (Å²) >= 11 is 0. The van der Waals surface area contributed by atoms with Crippen molar-refractivity contribution in [2.45, 2.75) is 119 Å². The molecule has 0 aliphatic heterocycles. The molecule has 0 aliphatic rings. The van der Waals surface area contributed by atoms with Gasteiger partial charge in [0.05, 0.1) is 17.1 Å². The van der Waals surface area contributed by atoms with Crippen LogP contribution in [0.25, 0.3) is 0 Å². The van der Waals surface area contributed by atoms with E-state index >= 15 is 0 Å². The summed E-state index contributed by atoms with van der Waals surface area (Å²) in [5.41, 5.74) is 9.65. The first-order chi connectivity index (χ1) is 20.4. The summed E-state index contributed by atoms with van der Waals surface area (Å²) in [6.07, 6.45) is 15.2. The third kappa shape index (κ3) is 13.1. The molecule has 0 aliphatic carbocycles. The maximum atomic E-state index is 10.9. The standard InChI is InChI=1S/C30H44N2.C8H10O2.Ni/c1-6-11-16-30(32-29-20-18-25(13-8-3)27(22-29)15-10-5)23-31-28-19-17-24(12-7-2)26(21-28)14-9-4;1-2-6-4-3-5-7(9)8(6)10;/h17-23H,6-16H2,1-5H3;3-5,9-10H,2H2,1H3;/q;;+2/p-2. The Hall–Kier alpha value is -2.91. The van der Waals surface area contributed by atoms with Gasteiger partial charge in [-0.25, -0.2) is 0 Å². The quantitative estimate of drug-likeness (QED) is 0.124. The van der Waals surface area contributed by atoms with Crippen LogP contribution in [0.4, 0.5) is 11.4 Å². The topological polar surface area (TPSA) is 70.8 Å². The zero-order valence-electron chi connectivity index (χ0n) is 27.3. The van der Waals surface area contributed by atoms with Crippen molar-refractivity contribution in [3.05, 3.63) is 82.4 Å². The fourth-order valence-electron chi connectivity index (χ4n) is 5.07. The van der Waals surface area contributed by atoms with Crippen molar-refractivity contribution in [2.24, 2.45) is 9.98 Å². The summed E-state index contributed by atoms with van der Waals surface area (Å²) < 4.78 is 0. The van der Waals surface area contributed by atoms with E-state index in [2.05, 4.69) is 71.0 Å². The molecule has 0 saturated heterocycles. The van der Waals surface area contributed by atoms with Crippen LogP contribution >= 0.6 is 0 Å². The number of aliphatic imine (C=N–C) groups is 2. The molecule has 3 aromatic carbocycles. The van der Waals surface area contributed by atoms with Gasteiger partial charge in [0.25, 0.3) is 0 Å². The van der Waals surface area contributed by atoms with Gasteiger partial charge in [-0.2, -0.15) is 0 Å². The van der Waals surface area contributed by atoms with Crippen molar-refractivity contribution in [3.8, 4) is 11.5 Å². The van der Waals surface area contributed by atoms with Crippen molar-refractivity contribution < 1.29 is 26.7 Å². The van der Waals surface area contributed by atoms with Crippen LogP contribution in [0.3, 0.4) is 0 Å². The molecule has 5 heteroatoms. The van der Waals surface area contributed by atoms with E-state index in [-0.39, 0.29) is 22.2 Å². The van der Waals surface area contributed by atoms with Crippen molar-refractivity contribution in [1.29, 1.82) is 0 Å². The Morgan fingerprint density at radius 1 is 0.628 bits per heavy atom. The number of hydrogen-bond donors (Lipinski definition) is 0. The fraction of sp³-hybridized carbons (Fsp3) is 0.474. The van der Waals surface area contributed by atoms with Crippen LogP contribution in [0.1, 0.15) is 114 Å². The molecule has 0 atom stereocenters. The molecule has 0 N–H and O–H groups in total. The number of rotatable bonds is 15. The summed E-state index contributed by atoms with van der Waals surface area (Å²) in [6, 6.07) is 18.1. The van der Waals surface area contributed by atoms with Crippen LogP contribution in [0.15, 0.2) is 64.6 Å². The van der Waals surface area contributed by atoms with Crippen LogP contribution in [-0.4, -0.2) is 11.9 Å². The van der Waals surface area contributed by atoms with Crippen molar-refractivity contribution >= 4 is 23.3 Å². The first-order valence-electron chi connectivity index (χ1n) is 16.2. The van der Waals surface area contributed by atoms with E-state index in [0.717, 1.165) is 62.0 Å². The van der Waals surface area contributed by atoms with Gasteiger partial charge in [0.15, 0.2) is 0 Å². The van der Waals surface area contributed by atoms with Gasteiger partial charge in [-0.3, -0.25) is 9.98 Å². The summed E-state index contributed by atoms with van der Waals surface area (Å²) in [5.74, 6) is -0.760. The smallest absolute Gasteiger partial charge is 0.873 e. The Morgan fingerprint density at radius 2 is 1.16 bits per heavy atom. The number of benzene rings is 3. The Kier molecular flexibility index (Phi) is 19.3. The fourth-order valence-corrected chi connectivity index (χ4v) is 5.07. The largest absolute Gasteiger partial charge is 2.00 e. The summed E-state index contributed by atoms with van der Waals surface area (Å²) in [7, 11) is 0. The molecular formula is C38H52N2NiO2. The van der Waals surface area contributed by atoms with Crippen LogP contribution < -0.4 is 10.2 Å². The number of nitrogens with zero attached hydrogens (tertiary/aromatic N) is 2. The number of para-hydroxylation sites is 1.